The highest BCUT2D eigenvalue weighted by molar-refractivity contribution is 5.75. The average Bonchev–Trinajstić information content (AvgIpc) is 2.74. The van der Waals surface area contributed by atoms with Crippen molar-refractivity contribution >= 4 is 6.03 Å². The molecule has 0 saturated carbocycles. The smallest absolute Gasteiger partial charge is 0.320 e. The third kappa shape index (κ3) is 3.52. The number of rotatable bonds is 0. The van der Waals surface area contributed by atoms with Crippen molar-refractivity contribution in [3.05, 3.63) is 29.3 Å². The summed E-state index contributed by atoms with van der Waals surface area (Å²) < 4.78 is 0. The van der Waals surface area contributed by atoms with Gasteiger partial charge in [0.15, 0.2) is 0 Å². The van der Waals surface area contributed by atoms with Gasteiger partial charge in [0, 0.05) is 25.7 Å². The number of phenolic OH excluding ortho intramolecular Hbond substituents is 1. The number of aromatic hydroxyl groups is 1. The number of likely N-dealkylation sites (tertiary alicyclic amines) is 1. The lowest BCUT2D eigenvalue weighted by molar-refractivity contribution is 0.0884. The largest absolute Gasteiger partial charge is 0.508 e. The lowest BCUT2D eigenvalue weighted by Gasteiger charge is -2.42. The summed E-state index contributed by atoms with van der Waals surface area (Å²) in [5.74, 6) is 0.317. The second-order valence-electron chi connectivity index (χ2n) is 8.31. The summed E-state index contributed by atoms with van der Waals surface area (Å²) in [6.07, 6.45) is 5.15. The van der Waals surface area contributed by atoms with Crippen LogP contribution in [0.15, 0.2) is 18.2 Å². The first-order valence-corrected chi connectivity index (χ1v) is 9.22. The number of phenols is 1. The van der Waals surface area contributed by atoms with E-state index in [9.17, 15) is 9.90 Å². The van der Waals surface area contributed by atoms with Gasteiger partial charge in [-0.15, -0.1) is 0 Å². The monoisotopic (exact) mass is 330 g/mol. The first-order valence-electron chi connectivity index (χ1n) is 9.22. The Labute approximate surface area is 145 Å². The number of hydrogen-bond donors (Lipinski definition) is 1. The number of piperidine rings is 1. The van der Waals surface area contributed by atoms with E-state index < -0.39 is 0 Å². The molecular weight excluding hydrogens is 300 g/mol. The number of fused-ring (bicyclic) bond motifs is 1. The van der Waals surface area contributed by atoms with E-state index in [1.54, 1.807) is 6.07 Å². The Hall–Kier alpha value is -1.71. The van der Waals surface area contributed by atoms with Crippen LogP contribution in [-0.4, -0.2) is 46.6 Å². The predicted octanol–water partition coefficient (Wildman–Crippen LogP) is 3.81. The Balaban J connectivity index is 1.89. The second-order valence-corrected chi connectivity index (χ2v) is 8.31. The number of amides is 2. The molecule has 4 heteroatoms. The van der Waals surface area contributed by atoms with Crippen molar-refractivity contribution in [3.63, 3.8) is 0 Å². The van der Waals surface area contributed by atoms with Crippen molar-refractivity contribution in [2.24, 2.45) is 5.41 Å². The van der Waals surface area contributed by atoms with Gasteiger partial charge in [-0.3, -0.25) is 0 Å². The van der Waals surface area contributed by atoms with Gasteiger partial charge in [-0.2, -0.15) is 0 Å². The zero-order valence-corrected chi connectivity index (χ0v) is 15.2. The summed E-state index contributed by atoms with van der Waals surface area (Å²) in [6.45, 7) is 9.17. The van der Waals surface area contributed by atoms with Crippen LogP contribution >= 0.6 is 0 Å². The van der Waals surface area contributed by atoms with Gasteiger partial charge in [0.05, 0.1) is 0 Å². The van der Waals surface area contributed by atoms with Gasteiger partial charge in [0.1, 0.15) is 5.75 Å². The summed E-state index contributed by atoms with van der Waals surface area (Å²) in [6, 6.07) is 6.00. The molecule has 3 rings (SSSR count). The number of carbonyl (C=O) groups excluding carboxylic acids is 1. The van der Waals surface area contributed by atoms with Gasteiger partial charge < -0.3 is 14.9 Å². The Kier molecular flexibility index (Phi) is 4.75. The van der Waals surface area contributed by atoms with E-state index in [1.807, 2.05) is 17.0 Å². The van der Waals surface area contributed by atoms with Gasteiger partial charge >= 0.3 is 6.03 Å². The van der Waals surface area contributed by atoms with Gasteiger partial charge in [-0.25, -0.2) is 4.79 Å². The normalized spacial score (nSPS) is 22.0. The molecule has 2 amide bonds. The highest BCUT2D eigenvalue weighted by Gasteiger charge is 2.37. The van der Waals surface area contributed by atoms with Crippen molar-refractivity contribution in [3.8, 4) is 5.75 Å². The zero-order chi connectivity index (χ0) is 17.3. The summed E-state index contributed by atoms with van der Waals surface area (Å²) in [4.78, 5) is 17.3. The quantitative estimate of drug-likeness (QED) is 0.786. The molecule has 24 heavy (non-hydrogen) atoms. The minimum atomic E-state index is -0.00147. The summed E-state index contributed by atoms with van der Waals surface area (Å²) >= 11 is 0. The van der Waals surface area contributed by atoms with Crippen molar-refractivity contribution in [1.82, 2.24) is 9.80 Å². The molecule has 1 aromatic rings. The maximum absolute atomic E-state index is 13.2. The number of hydrogen-bond acceptors (Lipinski definition) is 2. The van der Waals surface area contributed by atoms with Crippen LogP contribution in [0.5, 0.6) is 5.75 Å². The van der Waals surface area contributed by atoms with E-state index in [0.717, 1.165) is 45.3 Å². The highest BCUT2D eigenvalue weighted by atomic mass is 16.3. The first-order chi connectivity index (χ1) is 11.4. The molecule has 0 radical (unpaired) electrons. The molecule has 132 valence electrons. The molecule has 2 heterocycles. The van der Waals surface area contributed by atoms with Crippen LogP contribution in [0.1, 0.15) is 51.2 Å². The molecule has 0 aromatic heterocycles. The lowest BCUT2D eigenvalue weighted by Crippen LogP contribution is -2.54. The van der Waals surface area contributed by atoms with Gasteiger partial charge in [-0.1, -0.05) is 26.8 Å². The number of benzene rings is 1. The summed E-state index contributed by atoms with van der Waals surface area (Å²) in [7, 11) is 0. The SMILES string of the molecule is CC(C)(C)C1Cc2cc(O)ccc2CCN1C(=O)N1CCCCC1. The minimum Gasteiger partial charge on any atom is -0.508 e. The van der Waals surface area contributed by atoms with Crippen LogP contribution < -0.4 is 0 Å². The third-order valence-electron chi connectivity index (χ3n) is 5.47. The topological polar surface area (TPSA) is 43.8 Å². The molecule has 0 bridgehead atoms. The summed E-state index contributed by atoms with van der Waals surface area (Å²) in [5, 5.41) is 9.86. The standard InChI is InChI=1S/C20H30N2O2/c1-20(2,3)18-14-16-13-17(23)8-7-15(16)9-12-22(18)19(24)21-10-5-4-6-11-21/h7-8,13,18,23H,4-6,9-12,14H2,1-3H3. The molecule has 2 aliphatic heterocycles. The predicted molar refractivity (Wildman–Crippen MR) is 96.3 cm³/mol. The van der Waals surface area contributed by atoms with E-state index in [1.165, 1.54) is 17.5 Å². The molecule has 0 aliphatic carbocycles. The molecule has 1 saturated heterocycles. The van der Waals surface area contributed by atoms with Crippen LogP contribution in [0.25, 0.3) is 0 Å². The Morgan fingerprint density at radius 1 is 1.08 bits per heavy atom. The van der Waals surface area contributed by atoms with Crippen molar-refractivity contribution in [1.29, 1.82) is 0 Å². The van der Waals surface area contributed by atoms with E-state index in [0.29, 0.717) is 5.75 Å². The Morgan fingerprint density at radius 3 is 2.46 bits per heavy atom. The van der Waals surface area contributed by atoms with E-state index in [2.05, 4.69) is 25.7 Å². The molecular formula is C20H30N2O2. The van der Waals surface area contributed by atoms with E-state index >= 15 is 0 Å². The molecule has 2 aliphatic rings. The first kappa shape index (κ1) is 17.1. The fraction of sp³-hybridized carbons (Fsp3) is 0.650. The number of carbonyl (C=O) groups is 1. The number of nitrogens with zero attached hydrogens (tertiary/aromatic N) is 2. The third-order valence-corrected chi connectivity index (χ3v) is 5.47. The fourth-order valence-corrected chi connectivity index (χ4v) is 4.03. The van der Waals surface area contributed by atoms with Crippen LogP contribution in [0.2, 0.25) is 0 Å². The molecule has 1 aromatic carbocycles. The van der Waals surface area contributed by atoms with Crippen LogP contribution in [0, 0.1) is 5.41 Å². The van der Waals surface area contributed by atoms with E-state index in [-0.39, 0.29) is 17.5 Å². The van der Waals surface area contributed by atoms with Crippen LogP contribution in [0.4, 0.5) is 4.79 Å². The van der Waals surface area contributed by atoms with E-state index in [4.69, 9.17) is 0 Å². The fourth-order valence-electron chi connectivity index (χ4n) is 4.03. The van der Waals surface area contributed by atoms with Gasteiger partial charge in [0.25, 0.3) is 0 Å². The Bertz CT molecular complexity index is 600. The molecule has 1 N–H and O–H groups in total. The zero-order valence-electron chi connectivity index (χ0n) is 15.2. The van der Waals surface area contributed by atoms with Gasteiger partial charge in [-0.05, 0) is 60.8 Å². The molecule has 1 fully saturated rings. The second kappa shape index (κ2) is 6.66. The number of urea groups is 1. The average molecular weight is 330 g/mol. The van der Waals surface area contributed by atoms with Gasteiger partial charge in [0.2, 0.25) is 0 Å². The van der Waals surface area contributed by atoms with Crippen molar-refractivity contribution in [2.75, 3.05) is 19.6 Å². The maximum Gasteiger partial charge on any atom is 0.320 e. The van der Waals surface area contributed by atoms with Crippen LogP contribution in [-0.2, 0) is 12.8 Å². The lowest BCUT2D eigenvalue weighted by atomic mass is 9.82. The molecule has 0 spiro atoms. The molecule has 4 nitrogen and oxygen atoms in total. The Morgan fingerprint density at radius 2 is 1.79 bits per heavy atom. The van der Waals surface area contributed by atoms with Crippen molar-refractivity contribution in [2.45, 2.75) is 58.9 Å². The summed E-state index contributed by atoms with van der Waals surface area (Å²) in [5.41, 5.74) is 2.44. The molecule has 1 atom stereocenters. The van der Waals surface area contributed by atoms with Crippen LogP contribution in [0.3, 0.4) is 0 Å². The maximum atomic E-state index is 13.2. The highest BCUT2D eigenvalue weighted by Crippen LogP contribution is 2.33. The van der Waals surface area contributed by atoms with Crippen molar-refractivity contribution < 1.29 is 9.90 Å². The minimum absolute atomic E-state index is 0.00147. The molecule has 1 unspecified atom stereocenters.